The molecule has 3 N–H and O–H groups in total. The molecule has 9 aromatic rings. The summed E-state index contributed by atoms with van der Waals surface area (Å²) in [4.78, 5) is 14.0. The number of fused-ring (bicyclic) bond motifs is 10. The van der Waals surface area contributed by atoms with Gasteiger partial charge in [-0.25, -0.2) is 4.99 Å². The molecular formula is C48H37N5. The number of para-hydroxylation sites is 2. The summed E-state index contributed by atoms with van der Waals surface area (Å²) in [6, 6.07) is 55.5. The number of aromatic amines is 1. The minimum absolute atomic E-state index is 0.210. The molecule has 5 nitrogen and oxygen atoms in total. The van der Waals surface area contributed by atoms with E-state index in [0.29, 0.717) is 18.2 Å². The van der Waals surface area contributed by atoms with Gasteiger partial charge in [0.05, 0.1) is 23.1 Å². The van der Waals surface area contributed by atoms with Gasteiger partial charge in [-0.1, -0.05) is 147 Å². The molecule has 0 fully saturated rings. The number of benzene rings is 7. The Balaban J connectivity index is 1.08. The first-order valence-corrected chi connectivity index (χ1v) is 18.2. The average molecular weight is 684 g/mol. The third-order valence-electron chi connectivity index (χ3n) is 11.0. The fourth-order valence-electron chi connectivity index (χ4n) is 8.61. The van der Waals surface area contributed by atoms with Crippen molar-refractivity contribution in [1.82, 2.24) is 9.55 Å². The molecule has 53 heavy (non-hydrogen) atoms. The third-order valence-corrected chi connectivity index (χ3v) is 11.0. The summed E-state index contributed by atoms with van der Waals surface area (Å²) in [7, 11) is 0. The molecule has 0 radical (unpaired) electrons. The maximum atomic E-state index is 6.96. The summed E-state index contributed by atoms with van der Waals surface area (Å²) in [5.41, 5.74) is 20.4. The molecule has 0 aliphatic heterocycles. The number of hydrogen-bond acceptors (Lipinski definition) is 1. The Labute approximate surface area is 307 Å². The van der Waals surface area contributed by atoms with Gasteiger partial charge in [-0.3, -0.25) is 4.99 Å². The number of rotatable bonds is 5. The molecule has 0 saturated heterocycles. The number of aliphatic imine (C=N–C) groups is 2. The zero-order valence-corrected chi connectivity index (χ0v) is 29.6. The first kappa shape index (κ1) is 31.1. The predicted molar refractivity (Wildman–Crippen MR) is 222 cm³/mol. The number of nitrogens with two attached hydrogens (primary N) is 1. The van der Waals surface area contributed by atoms with Crippen molar-refractivity contribution in [2.75, 3.05) is 0 Å². The molecular weight excluding hydrogens is 647 g/mol. The highest BCUT2D eigenvalue weighted by atomic mass is 15.0. The van der Waals surface area contributed by atoms with E-state index in [9.17, 15) is 0 Å². The van der Waals surface area contributed by atoms with Crippen LogP contribution in [0.4, 0.5) is 0 Å². The fourth-order valence-corrected chi connectivity index (χ4v) is 8.61. The molecule has 0 amide bonds. The van der Waals surface area contributed by atoms with E-state index in [-0.39, 0.29) is 5.41 Å². The molecule has 2 heterocycles. The lowest BCUT2D eigenvalue weighted by atomic mass is 9.80. The molecule has 0 bridgehead atoms. The summed E-state index contributed by atoms with van der Waals surface area (Å²) in [5, 5.41) is 4.89. The first-order chi connectivity index (χ1) is 26.0. The lowest BCUT2D eigenvalue weighted by molar-refractivity contribution is 0.659. The van der Waals surface area contributed by atoms with Gasteiger partial charge in [0.2, 0.25) is 0 Å². The van der Waals surface area contributed by atoms with Crippen molar-refractivity contribution in [3.8, 4) is 16.8 Å². The molecule has 0 atom stereocenters. The molecule has 1 aliphatic rings. The van der Waals surface area contributed by atoms with Gasteiger partial charge in [-0.2, -0.15) is 0 Å². The van der Waals surface area contributed by atoms with Gasteiger partial charge in [0.25, 0.3) is 0 Å². The Hall–Kier alpha value is -6.72. The van der Waals surface area contributed by atoms with Crippen molar-refractivity contribution in [2.45, 2.75) is 25.8 Å². The van der Waals surface area contributed by atoms with E-state index in [1.807, 2.05) is 30.3 Å². The summed E-state index contributed by atoms with van der Waals surface area (Å²) in [6.07, 6.45) is 0. The van der Waals surface area contributed by atoms with Gasteiger partial charge in [-0.05, 0) is 52.1 Å². The fraction of sp³-hybridized carbons (Fsp3) is 0.0833. The summed E-state index contributed by atoms with van der Waals surface area (Å²) in [6.45, 7) is 4.99. The number of nitrogens with one attached hydrogen (secondary N) is 1. The van der Waals surface area contributed by atoms with E-state index in [2.05, 4.69) is 151 Å². The zero-order chi connectivity index (χ0) is 35.7. The van der Waals surface area contributed by atoms with Crippen LogP contribution in [0.1, 0.15) is 41.7 Å². The smallest absolute Gasteiger partial charge is 0.157 e. The second-order valence-electron chi connectivity index (χ2n) is 14.5. The second-order valence-corrected chi connectivity index (χ2v) is 14.5. The van der Waals surface area contributed by atoms with Crippen LogP contribution in [0.3, 0.4) is 0 Å². The first-order valence-electron chi connectivity index (χ1n) is 18.2. The van der Waals surface area contributed by atoms with Gasteiger partial charge in [0.15, 0.2) is 5.84 Å². The van der Waals surface area contributed by atoms with Crippen LogP contribution < -0.4 is 5.73 Å². The lowest BCUT2D eigenvalue weighted by Crippen LogP contribution is -2.24. The molecule has 7 aromatic carbocycles. The molecule has 5 heteroatoms. The van der Waals surface area contributed by atoms with E-state index >= 15 is 0 Å². The monoisotopic (exact) mass is 683 g/mol. The standard InChI is InChI=1S/C48H37N5/c1-48(2)40-23-9-6-18-33(40)36-21-13-22-39(43(36)48)46(49)52-47(31-15-4-3-5-16-31)50-29-30-14-12-17-32(28-30)53-42-25-11-8-20-35(42)38-27-26-37-34-19-7-10-24-41(34)51-44(37)45(38)53/h3-28,51H,29H2,1-2H3,(H2,49,50,52). The number of aromatic nitrogens is 2. The highest BCUT2D eigenvalue weighted by Gasteiger charge is 2.37. The van der Waals surface area contributed by atoms with Crippen LogP contribution in [0.25, 0.3) is 60.4 Å². The van der Waals surface area contributed by atoms with Gasteiger partial charge < -0.3 is 15.3 Å². The Bertz CT molecular complexity index is 2960. The summed E-state index contributed by atoms with van der Waals surface area (Å²) < 4.78 is 2.39. The molecule has 2 aromatic heterocycles. The van der Waals surface area contributed by atoms with Crippen molar-refractivity contribution in [2.24, 2.45) is 15.7 Å². The Morgan fingerprint density at radius 1 is 0.660 bits per heavy atom. The predicted octanol–water partition coefficient (Wildman–Crippen LogP) is 11.1. The van der Waals surface area contributed by atoms with Crippen molar-refractivity contribution in [1.29, 1.82) is 0 Å². The normalized spacial score (nSPS) is 14.0. The minimum Gasteiger partial charge on any atom is -0.383 e. The van der Waals surface area contributed by atoms with Crippen molar-refractivity contribution in [3.63, 3.8) is 0 Å². The van der Waals surface area contributed by atoms with E-state index in [1.165, 1.54) is 49.3 Å². The molecule has 10 rings (SSSR count). The molecule has 254 valence electrons. The molecule has 0 saturated carbocycles. The zero-order valence-electron chi connectivity index (χ0n) is 29.6. The van der Waals surface area contributed by atoms with Gasteiger partial charge in [0, 0.05) is 49.3 Å². The van der Waals surface area contributed by atoms with Crippen LogP contribution in [0.2, 0.25) is 0 Å². The van der Waals surface area contributed by atoms with Crippen LogP contribution in [0.15, 0.2) is 168 Å². The largest absolute Gasteiger partial charge is 0.383 e. The van der Waals surface area contributed by atoms with Gasteiger partial charge in [-0.15, -0.1) is 0 Å². The number of nitrogens with zero attached hydrogens (tertiary/aromatic N) is 3. The highest BCUT2D eigenvalue weighted by molar-refractivity contribution is 6.22. The average Bonchev–Trinajstić information content (AvgIpc) is 3.83. The molecule has 0 unspecified atom stereocenters. The maximum Gasteiger partial charge on any atom is 0.157 e. The Kier molecular flexibility index (Phi) is 6.99. The van der Waals surface area contributed by atoms with Crippen LogP contribution in [-0.4, -0.2) is 21.2 Å². The molecule has 1 aliphatic carbocycles. The van der Waals surface area contributed by atoms with Crippen LogP contribution >= 0.6 is 0 Å². The Morgan fingerprint density at radius 2 is 1.38 bits per heavy atom. The van der Waals surface area contributed by atoms with Crippen LogP contribution in [-0.2, 0) is 12.0 Å². The highest BCUT2D eigenvalue weighted by Crippen LogP contribution is 2.49. The third kappa shape index (κ3) is 4.85. The van der Waals surface area contributed by atoms with Crippen molar-refractivity contribution >= 4 is 55.3 Å². The van der Waals surface area contributed by atoms with Crippen LogP contribution in [0, 0.1) is 0 Å². The SMILES string of the molecule is CC1(C)c2ccccc2-c2cccc(/C(N)=N/C(=N\Cc3cccc(-n4c5ccccc5c5ccc6c7ccccc7[nH]c6c54)c3)c3ccccc3)c21. The van der Waals surface area contributed by atoms with Crippen molar-refractivity contribution in [3.05, 3.63) is 186 Å². The van der Waals surface area contributed by atoms with Crippen molar-refractivity contribution < 1.29 is 0 Å². The van der Waals surface area contributed by atoms with Gasteiger partial charge in [0.1, 0.15) is 5.84 Å². The number of H-pyrrole nitrogens is 1. The summed E-state index contributed by atoms with van der Waals surface area (Å²) in [5.74, 6) is 1.07. The topological polar surface area (TPSA) is 71.5 Å². The lowest BCUT2D eigenvalue weighted by Gasteiger charge is -2.24. The van der Waals surface area contributed by atoms with E-state index in [1.54, 1.807) is 0 Å². The van der Waals surface area contributed by atoms with E-state index < -0.39 is 0 Å². The second kappa shape index (κ2) is 11.9. The van der Waals surface area contributed by atoms with E-state index in [4.69, 9.17) is 15.7 Å². The quantitative estimate of drug-likeness (QED) is 0.138. The maximum absolute atomic E-state index is 6.96. The van der Waals surface area contributed by atoms with Gasteiger partial charge >= 0.3 is 0 Å². The molecule has 0 spiro atoms. The Morgan fingerprint density at radius 3 is 2.26 bits per heavy atom. The summed E-state index contributed by atoms with van der Waals surface area (Å²) >= 11 is 0. The number of hydrogen-bond donors (Lipinski definition) is 2. The van der Waals surface area contributed by atoms with E-state index in [0.717, 1.165) is 38.9 Å². The minimum atomic E-state index is -0.210. The number of amidine groups is 2. The van der Waals surface area contributed by atoms with Crippen LogP contribution in [0.5, 0.6) is 0 Å².